The summed E-state index contributed by atoms with van der Waals surface area (Å²) in [5.74, 6) is 0.914. The van der Waals surface area contributed by atoms with E-state index in [2.05, 4.69) is 23.3 Å². The second kappa shape index (κ2) is 6.92. The van der Waals surface area contributed by atoms with Gasteiger partial charge in [0.05, 0.1) is 12.8 Å². The van der Waals surface area contributed by atoms with Crippen molar-refractivity contribution in [3.8, 4) is 5.75 Å². The van der Waals surface area contributed by atoms with Crippen molar-refractivity contribution in [2.75, 3.05) is 7.11 Å². The predicted molar refractivity (Wildman–Crippen MR) is 87.0 cm³/mol. The van der Waals surface area contributed by atoms with Gasteiger partial charge in [-0.1, -0.05) is 23.7 Å². The van der Waals surface area contributed by atoms with Gasteiger partial charge in [-0.25, -0.2) is 0 Å². The Kier molecular flexibility index (Phi) is 5.21. The molecule has 0 fully saturated rings. The summed E-state index contributed by atoms with van der Waals surface area (Å²) < 4.78 is 5.44. The number of methoxy groups -OCH3 is 1. The van der Waals surface area contributed by atoms with Gasteiger partial charge >= 0.3 is 0 Å². The second-order valence-electron chi connectivity index (χ2n) is 5.20. The summed E-state index contributed by atoms with van der Waals surface area (Å²) in [5.41, 5.74) is 4.32. The van der Waals surface area contributed by atoms with E-state index >= 15 is 0 Å². The SMILES string of the molecule is COc1c(C)cnc(CN[C@@H](C)c2cccc(Cl)c2)c1C. The van der Waals surface area contributed by atoms with Gasteiger partial charge in [0, 0.05) is 34.9 Å². The van der Waals surface area contributed by atoms with E-state index in [9.17, 15) is 0 Å². The Hall–Kier alpha value is -1.58. The third-order valence-electron chi connectivity index (χ3n) is 3.67. The first-order valence-corrected chi connectivity index (χ1v) is 7.38. The Labute approximate surface area is 131 Å². The Morgan fingerprint density at radius 3 is 2.76 bits per heavy atom. The van der Waals surface area contributed by atoms with Gasteiger partial charge in [-0.05, 0) is 38.5 Å². The monoisotopic (exact) mass is 304 g/mol. The Morgan fingerprint density at radius 2 is 2.10 bits per heavy atom. The van der Waals surface area contributed by atoms with Crippen molar-refractivity contribution < 1.29 is 4.74 Å². The number of nitrogens with one attached hydrogen (secondary N) is 1. The van der Waals surface area contributed by atoms with Crippen LogP contribution in [0.25, 0.3) is 0 Å². The Balaban J connectivity index is 2.10. The lowest BCUT2D eigenvalue weighted by atomic mass is 10.1. The van der Waals surface area contributed by atoms with E-state index in [0.29, 0.717) is 6.54 Å². The van der Waals surface area contributed by atoms with Gasteiger partial charge < -0.3 is 10.1 Å². The number of pyridine rings is 1. The summed E-state index contributed by atoms with van der Waals surface area (Å²) in [6.07, 6.45) is 1.85. The summed E-state index contributed by atoms with van der Waals surface area (Å²) in [6, 6.07) is 8.11. The van der Waals surface area contributed by atoms with Crippen molar-refractivity contribution in [2.24, 2.45) is 0 Å². The van der Waals surface area contributed by atoms with Crippen molar-refractivity contribution in [2.45, 2.75) is 33.4 Å². The van der Waals surface area contributed by atoms with E-state index in [0.717, 1.165) is 27.6 Å². The average molecular weight is 305 g/mol. The molecule has 2 aromatic rings. The fraction of sp³-hybridized carbons (Fsp3) is 0.353. The molecule has 2 rings (SSSR count). The maximum Gasteiger partial charge on any atom is 0.128 e. The number of aromatic nitrogens is 1. The maximum atomic E-state index is 6.03. The summed E-state index contributed by atoms with van der Waals surface area (Å²) in [6.45, 7) is 6.85. The number of ether oxygens (including phenoxy) is 1. The zero-order chi connectivity index (χ0) is 15.4. The molecule has 1 aromatic carbocycles. The largest absolute Gasteiger partial charge is 0.496 e. The molecule has 0 amide bonds. The van der Waals surface area contributed by atoms with E-state index in [1.807, 2.05) is 38.2 Å². The first-order chi connectivity index (χ1) is 10.0. The Bertz CT molecular complexity index is 628. The molecule has 0 spiro atoms. The van der Waals surface area contributed by atoms with Gasteiger partial charge in [-0.15, -0.1) is 0 Å². The molecule has 0 aliphatic heterocycles. The lowest BCUT2D eigenvalue weighted by molar-refractivity contribution is 0.406. The molecule has 0 aliphatic carbocycles. The van der Waals surface area contributed by atoms with Gasteiger partial charge in [0.15, 0.2) is 0 Å². The molecule has 0 bridgehead atoms. The van der Waals surface area contributed by atoms with Crippen LogP contribution in [-0.4, -0.2) is 12.1 Å². The predicted octanol–water partition coefficient (Wildman–Crippen LogP) is 4.21. The molecule has 3 nitrogen and oxygen atoms in total. The zero-order valence-electron chi connectivity index (χ0n) is 12.9. The summed E-state index contributed by atoms with van der Waals surface area (Å²) in [7, 11) is 1.70. The van der Waals surface area contributed by atoms with Crippen LogP contribution >= 0.6 is 11.6 Å². The highest BCUT2D eigenvalue weighted by Crippen LogP contribution is 2.24. The van der Waals surface area contributed by atoms with Gasteiger partial charge in [-0.2, -0.15) is 0 Å². The second-order valence-corrected chi connectivity index (χ2v) is 5.64. The van der Waals surface area contributed by atoms with Crippen LogP contribution in [-0.2, 0) is 6.54 Å². The molecule has 1 N–H and O–H groups in total. The van der Waals surface area contributed by atoms with Crippen LogP contribution in [0.2, 0.25) is 5.02 Å². The number of aryl methyl sites for hydroxylation is 1. The van der Waals surface area contributed by atoms with Crippen LogP contribution in [0, 0.1) is 13.8 Å². The van der Waals surface area contributed by atoms with Gasteiger partial charge in [-0.3, -0.25) is 4.98 Å². The van der Waals surface area contributed by atoms with Gasteiger partial charge in [0.2, 0.25) is 0 Å². The smallest absolute Gasteiger partial charge is 0.128 e. The lowest BCUT2D eigenvalue weighted by Gasteiger charge is -2.17. The first-order valence-electron chi connectivity index (χ1n) is 7.01. The fourth-order valence-electron chi connectivity index (χ4n) is 2.39. The molecule has 1 atom stereocenters. The zero-order valence-corrected chi connectivity index (χ0v) is 13.7. The van der Waals surface area contributed by atoms with Crippen molar-refractivity contribution in [3.05, 3.63) is 57.9 Å². The van der Waals surface area contributed by atoms with Crippen LogP contribution in [0.5, 0.6) is 5.75 Å². The molecule has 1 heterocycles. The lowest BCUT2D eigenvalue weighted by Crippen LogP contribution is -2.19. The number of hydrogen-bond acceptors (Lipinski definition) is 3. The van der Waals surface area contributed by atoms with Crippen LogP contribution in [0.3, 0.4) is 0 Å². The standard InChI is InChI=1S/C17H21ClN2O/c1-11-9-20-16(12(2)17(11)21-4)10-19-13(3)14-6-5-7-15(18)8-14/h5-9,13,19H,10H2,1-4H3/t13-/m0/s1. The molecule has 0 saturated heterocycles. The van der Waals surface area contributed by atoms with E-state index in [1.54, 1.807) is 7.11 Å². The van der Waals surface area contributed by atoms with Crippen molar-refractivity contribution in [1.82, 2.24) is 10.3 Å². The molecular weight excluding hydrogens is 284 g/mol. The highest BCUT2D eigenvalue weighted by molar-refractivity contribution is 6.30. The van der Waals surface area contributed by atoms with E-state index < -0.39 is 0 Å². The summed E-state index contributed by atoms with van der Waals surface area (Å²) >= 11 is 6.03. The molecule has 4 heteroatoms. The molecule has 0 aliphatic rings. The van der Waals surface area contributed by atoms with Crippen LogP contribution in [0.1, 0.15) is 35.3 Å². The van der Waals surface area contributed by atoms with Gasteiger partial charge in [0.1, 0.15) is 5.75 Å². The van der Waals surface area contributed by atoms with Crippen LogP contribution < -0.4 is 10.1 Å². The maximum absolute atomic E-state index is 6.03. The van der Waals surface area contributed by atoms with E-state index in [-0.39, 0.29) is 6.04 Å². The summed E-state index contributed by atoms with van der Waals surface area (Å²) in [5, 5.41) is 4.23. The van der Waals surface area contributed by atoms with Crippen molar-refractivity contribution in [1.29, 1.82) is 0 Å². The van der Waals surface area contributed by atoms with E-state index in [1.165, 1.54) is 5.56 Å². The quantitative estimate of drug-likeness (QED) is 0.898. The van der Waals surface area contributed by atoms with E-state index in [4.69, 9.17) is 16.3 Å². The molecular formula is C17H21ClN2O. The minimum Gasteiger partial charge on any atom is -0.496 e. The molecule has 21 heavy (non-hydrogen) atoms. The minimum atomic E-state index is 0.206. The number of halogens is 1. The third kappa shape index (κ3) is 3.74. The topological polar surface area (TPSA) is 34.1 Å². The molecule has 1 aromatic heterocycles. The van der Waals surface area contributed by atoms with Crippen LogP contribution in [0.4, 0.5) is 0 Å². The number of nitrogens with zero attached hydrogens (tertiary/aromatic N) is 1. The molecule has 0 radical (unpaired) electrons. The number of benzene rings is 1. The third-order valence-corrected chi connectivity index (χ3v) is 3.91. The number of hydrogen-bond donors (Lipinski definition) is 1. The Morgan fingerprint density at radius 1 is 1.33 bits per heavy atom. The fourth-order valence-corrected chi connectivity index (χ4v) is 2.59. The highest BCUT2D eigenvalue weighted by Gasteiger charge is 2.11. The average Bonchev–Trinajstić information content (AvgIpc) is 2.46. The molecule has 112 valence electrons. The molecule has 0 unspecified atom stereocenters. The normalized spacial score (nSPS) is 12.2. The van der Waals surface area contributed by atoms with Crippen molar-refractivity contribution >= 4 is 11.6 Å². The van der Waals surface area contributed by atoms with Gasteiger partial charge in [0.25, 0.3) is 0 Å². The number of rotatable bonds is 5. The summed E-state index contributed by atoms with van der Waals surface area (Å²) in [4.78, 5) is 4.50. The van der Waals surface area contributed by atoms with Crippen LogP contribution in [0.15, 0.2) is 30.5 Å². The van der Waals surface area contributed by atoms with Crippen molar-refractivity contribution in [3.63, 3.8) is 0 Å². The molecule has 0 saturated carbocycles. The highest BCUT2D eigenvalue weighted by atomic mass is 35.5. The first kappa shape index (κ1) is 15.8. The minimum absolute atomic E-state index is 0.206.